The maximum Gasteiger partial charge on any atom is 0.306 e. The Morgan fingerprint density at radius 2 is 2.18 bits per heavy atom. The predicted octanol–water partition coefficient (Wildman–Crippen LogP) is -2.12. The Bertz CT molecular complexity index is 537. The first-order valence-electron chi connectivity index (χ1n) is 4.93. The molecule has 0 fully saturated rings. The molecule has 0 radical (unpaired) electrons. The Balaban J connectivity index is 0.00000144. The van der Waals surface area contributed by atoms with E-state index in [2.05, 4.69) is 5.16 Å². The number of hydrogen-bond acceptors (Lipinski definition) is 3. The number of fused-ring (bicyclic) bond motifs is 1. The number of benzene rings is 1. The molecule has 1 aromatic carbocycles. The molecule has 0 saturated heterocycles. The Morgan fingerprint density at radius 3 is 2.82 bits per heavy atom. The highest BCUT2D eigenvalue weighted by Gasteiger charge is 2.20. The molecule has 0 spiro atoms. The van der Waals surface area contributed by atoms with Gasteiger partial charge in [0.15, 0.2) is 24.0 Å². The molecule has 2 rings (SSSR count). The lowest BCUT2D eigenvalue weighted by Crippen LogP contribution is -3.00. The van der Waals surface area contributed by atoms with E-state index in [4.69, 9.17) is 9.94 Å². The van der Waals surface area contributed by atoms with E-state index in [9.17, 15) is 0 Å². The molecule has 17 heavy (non-hydrogen) atoms. The second-order valence-corrected chi connectivity index (χ2v) is 3.50. The second kappa shape index (κ2) is 5.65. The molecule has 0 unspecified atom stereocenters. The fraction of sp³-hybridized carbons (Fsp3) is 0.273. The lowest BCUT2D eigenvalue weighted by atomic mass is 10.3. The fourth-order valence-electron chi connectivity index (χ4n) is 1.88. The normalized spacial score (nSPS) is 10.9. The van der Waals surface area contributed by atoms with Crippen molar-refractivity contribution in [1.29, 1.82) is 0 Å². The van der Waals surface area contributed by atoms with Crippen LogP contribution in [0.1, 0.15) is 5.82 Å². The highest BCUT2D eigenvalue weighted by molar-refractivity contribution is 5.80. The summed E-state index contributed by atoms with van der Waals surface area (Å²) in [5.41, 5.74) is 2.11. The van der Waals surface area contributed by atoms with Gasteiger partial charge in [0.05, 0.1) is 7.05 Å². The van der Waals surface area contributed by atoms with Gasteiger partial charge in [0.25, 0.3) is 0 Å². The minimum absolute atomic E-state index is 0. The van der Waals surface area contributed by atoms with Crippen molar-refractivity contribution in [1.82, 2.24) is 4.57 Å². The largest absolute Gasteiger partial charge is 1.00 e. The molecular weight excluding hydrogens is 242 g/mol. The summed E-state index contributed by atoms with van der Waals surface area (Å²) in [4.78, 5) is 0. The smallest absolute Gasteiger partial charge is 0.306 e. The van der Waals surface area contributed by atoms with Gasteiger partial charge in [-0.1, -0.05) is 17.3 Å². The van der Waals surface area contributed by atoms with Gasteiger partial charge in [-0.25, -0.2) is 4.57 Å². The number of nitrogens with zero attached hydrogens (tertiary/aromatic N) is 3. The first kappa shape index (κ1) is 13.5. The summed E-state index contributed by atoms with van der Waals surface area (Å²) in [7, 11) is 3.56. The van der Waals surface area contributed by atoms with Crippen molar-refractivity contribution in [3.05, 3.63) is 30.1 Å². The van der Waals surface area contributed by atoms with Crippen LogP contribution < -0.4 is 17.0 Å². The standard InChI is InChI=1S/C11H13N3O2.ClH/c1-13-9-5-3-4-6-10(9)14(8-16-2)11(13)7-12-15;/h3-7H,8H2,1-2H3;1H. The van der Waals surface area contributed by atoms with Crippen LogP contribution in [-0.2, 0) is 18.5 Å². The first-order chi connectivity index (χ1) is 7.79. The monoisotopic (exact) mass is 255 g/mol. The van der Waals surface area contributed by atoms with Crippen molar-refractivity contribution in [3.8, 4) is 0 Å². The van der Waals surface area contributed by atoms with Crippen LogP contribution in [0.5, 0.6) is 0 Å². The van der Waals surface area contributed by atoms with Crippen LogP contribution in [0, 0.1) is 0 Å². The highest BCUT2D eigenvalue weighted by Crippen LogP contribution is 2.12. The average molecular weight is 256 g/mol. The minimum Gasteiger partial charge on any atom is -1.00 e. The molecule has 1 N–H and O–H groups in total. The van der Waals surface area contributed by atoms with Crippen LogP contribution in [-0.4, -0.2) is 23.1 Å². The number of imidazole rings is 1. The lowest BCUT2D eigenvalue weighted by Gasteiger charge is -1.96. The van der Waals surface area contributed by atoms with Crippen molar-refractivity contribution in [2.75, 3.05) is 7.11 Å². The summed E-state index contributed by atoms with van der Waals surface area (Å²) >= 11 is 0. The number of oxime groups is 1. The predicted molar refractivity (Wildman–Crippen MR) is 59.5 cm³/mol. The fourth-order valence-corrected chi connectivity index (χ4v) is 1.88. The van der Waals surface area contributed by atoms with Crippen LogP contribution in [0.3, 0.4) is 0 Å². The summed E-state index contributed by atoms with van der Waals surface area (Å²) in [5, 5.41) is 11.7. The Hall–Kier alpha value is -1.59. The average Bonchev–Trinajstić information content (AvgIpc) is 2.57. The SMILES string of the molecule is COCn1c(/C=N\O)[n+](C)c2ccccc21.[Cl-]. The summed E-state index contributed by atoms with van der Waals surface area (Å²) in [6.07, 6.45) is 1.40. The molecule has 0 aliphatic carbocycles. The van der Waals surface area contributed by atoms with E-state index >= 15 is 0 Å². The molecule has 1 heterocycles. The summed E-state index contributed by atoms with van der Waals surface area (Å²) in [6.45, 7) is 0.419. The number of halogens is 1. The van der Waals surface area contributed by atoms with Crippen molar-refractivity contribution in [2.24, 2.45) is 12.2 Å². The van der Waals surface area contributed by atoms with E-state index in [-0.39, 0.29) is 12.4 Å². The minimum atomic E-state index is 0. The Morgan fingerprint density at radius 1 is 1.47 bits per heavy atom. The molecule has 1 aromatic heterocycles. The van der Waals surface area contributed by atoms with Crippen molar-refractivity contribution in [3.63, 3.8) is 0 Å². The number of para-hydroxylation sites is 2. The maximum atomic E-state index is 8.66. The number of ether oxygens (including phenoxy) is 1. The number of rotatable bonds is 3. The van der Waals surface area contributed by atoms with E-state index in [0.29, 0.717) is 6.73 Å². The van der Waals surface area contributed by atoms with Crippen LogP contribution in [0.2, 0.25) is 0 Å². The zero-order valence-electron chi connectivity index (χ0n) is 9.67. The molecule has 6 heteroatoms. The van der Waals surface area contributed by atoms with E-state index in [0.717, 1.165) is 16.9 Å². The van der Waals surface area contributed by atoms with Crippen LogP contribution in [0.25, 0.3) is 11.0 Å². The van der Waals surface area contributed by atoms with E-state index < -0.39 is 0 Å². The van der Waals surface area contributed by atoms with Crippen LogP contribution in [0.4, 0.5) is 0 Å². The Kier molecular flexibility index (Phi) is 4.48. The van der Waals surface area contributed by atoms with Gasteiger partial charge in [-0.05, 0) is 12.1 Å². The highest BCUT2D eigenvalue weighted by atomic mass is 35.5. The zero-order chi connectivity index (χ0) is 11.5. The molecule has 0 bridgehead atoms. The van der Waals surface area contributed by atoms with E-state index in [1.54, 1.807) is 7.11 Å². The van der Waals surface area contributed by atoms with Crippen molar-refractivity contribution in [2.45, 2.75) is 6.73 Å². The van der Waals surface area contributed by atoms with Gasteiger partial charge in [-0.15, -0.1) is 0 Å². The van der Waals surface area contributed by atoms with Gasteiger partial charge in [-0.3, -0.25) is 0 Å². The maximum absolute atomic E-state index is 8.66. The quantitative estimate of drug-likeness (QED) is 0.295. The molecule has 0 aliphatic rings. The second-order valence-electron chi connectivity index (χ2n) is 3.50. The van der Waals surface area contributed by atoms with Gasteiger partial charge in [0.1, 0.15) is 0 Å². The molecule has 0 aliphatic heterocycles. The third-order valence-electron chi connectivity index (χ3n) is 2.59. The first-order valence-corrected chi connectivity index (χ1v) is 4.93. The molecule has 92 valence electrons. The van der Waals surface area contributed by atoms with Crippen LogP contribution >= 0.6 is 0 Å². The van der Waals surface area contributed by atoms with Crippen LogP contribution in [0.15, 0.2) is 29.4 Å². The molecule has 5 nitrogen and oxygen atoms in total. The summed E-state index contributed by atoms with van der Waals surface area (Å²) in [6, 6.07) is 7.95. The van der Waals surface area contributed by atoms with E-state index in [1.165, 1.54) is 6.21 Å². The molecule has 0 atom stereocenters. The lowest BCUT2D eigenvalue weighted by molar-refractivity contribution is -0.646. The van der Waals surface area contributed by atoms with Gasteiger partial charge < -0.3 is 22.4 Å². The number of hydrogen-bond donors (Lipinski definition) is 1. The number of methoxy groups -OCH3 is 1. The summed E-state index contributed by atoms with van der Waals surface area (Å²) in [5.74, 6) is 0.783. The van der Waals surface area contributed by atoms with Crippen molar-refractivity contribution < 1.29 is 26.9 Å². The molecule has 0 amide bonds. The number of aromatic nitrogens is 2. The zero-order valence-corrected chi connectivity index (χ0v) is 10.4. The topological polar surface area (TPSA) is 50.6 Å². The molecule has 2 aromatic rings. The molecular formula is C11H14ClN3O2. The third-order valence-corrected chi connectivity index (χ3v) is 2.59. The van der Waals surface area contributed by atoms with E-state index in [1.807, 2.05) is 40.4 Å². The third kappa shape index (κ3) is 2.25. The van der Waals surface area contributed by atoms with Gasteiger partial charge in [-0.2, -0.15) is 4.57 Å². The Labute approximate surface area is 105 Å². The van der Waals surface area contributed by atoms with Gasteiger partial charge >= 0.3 is 5.82 Å². The van der Waals surface area contributed by atoms with Gasteiger partial charge in [0, 0.05) is 7.11 Å². The van der Waals surface area contributed by atoms with Gasteiger partial charge in [0.2, 0.25) is 0 Å². The number of aryl methyl sites for hydroxylation is 1. The molecule has 0 saturated carbocycles. The summed E-state index contributed by atoms with van der Waals surface area (Å²) < 4.78 is 9.03. The van der Waals surface area contributed by atoms with Crippen molar-refractivity contribution >= 4 is 17.2 Å².